The number of pyridine rings is 1. The van der Waals surface area contributed by atoms with E-state index < -0.39 is 0 Å². The summed E-state index contributed by atoms with van der Waals surface area (Å²) >= 11 is 0. The van der Waals surface area contributed by atoms with Crippen molar-refractivity contribution in [1.82, 2.24) is 4.98 Å². The molecule has 3 nitrogen and oxygen atoms in total. The molecule has 0 saturated heterocycles. The molecule has 1 rings (SSSR count). The van der Waals surface area contributed by atoms with Gasteiger partial charge in [-0.1, -0.05) is 0 Å². The molecule has 0 unspecified atom stereocenters. The van der Waals surface area contributed by atoms with E-state index in [-0.39, 0.29) is 0 Å². The smallest absolute Gasteiger partial charge is 0.0431 e. The molecule has 0 bridgehead atoms. The molecule has 3 heteroatoms. The number of unbranched alkanes of at least 4 members (excludes halogenated alkanes) is 2. The van der Waals surface area contributed by atoms with Gasteiger partial charge in [0, 0.05) is 31.2 Å². The molecule has 0 spiro atoms. The second kappa shape index (κ2) is 6.43. The van der Waals surface area contributed by atoms with E-state index in [1.165, 1.54) is 0 Å². The fourth-order valence-electron chi connectivity index (χ4n) is 1.12. The molecule has 0 aromatic carbocycles. The molecule has 0 fully saturated rings. The molecule has 1 heterocycles. The van der Waals surface area contributed by atoms with Gasteiger partial charge in [0.25, 0.3) is 0 Å². The minimum Gasteiger partial charge on any atom is -0.396 e. The van der Waals surface area contributed by atoms with Crippen LogP contribution in [0.15, 0.2) is 24.5 Å². The maximum absolute atomic E-state index is 8.55. The maximum atomic E-state index is 8.55. The van der Waals surface area contributed by atoms with E-state index in [9.17, 15) is 0 Å². The fourth-order valence-corrected chi connectivity index (χ4v) is 1.12. The Morgan fingerprint density at radius 3 is 2.62 bits per heavy atom. The molecule has 2 N–H and O–H groups in total. The Labute approximate surface area is 78.8 Å². The van der Waals surface area contributed by atoms with Crippen molar-refractivity contribution in [3.63, 3.8) is 0 Å². The van der Waals surface area contributed by atoms with Crippen LogP contribution in [0.5, 0.6) is 0 Å². The third-order valence-electron chi connectivity index (χ3n) is 1.84. The van der Waals surface area contributed by atoms with Gasteiger partial charge in [-0.2, -0.15) is 0 Å². The highest BCUT2D eigenvalue weighted by Crippen LogP contribution is 2.03. The Kier molecular flexibility index (Phi) is 4.94. The van der Waals surface area contributed by atoms with Gasteiger partial charge in [-0.15, -0.1) is 0 Å². The summed E-state index contributed by atoms with van der Waals surface area (Å²) in [6, 6.07) is 3.90. The van der Waals surface area contributed by atoms with Crippen LogP contribution < -0.4 is 5.32 Å². The normalized spacial score (nSPS) is 9.92. The lowest BCUT2D eigenvalue weighted by atomic mass is 10.2. The van der Waals surface area contributed by atoms with Crippen LogP contribution in [0.4, 0.5) is 5.69 Å². The first-order valence-corrected chi connectivity index (χ1v) is 4.68. The number of hydrogen-bond donors (Lipinski definition) is 2. The number of nitrogens with one attached hydrogen (secondary N) is 1. The van der Waals surface area contributed by atoms with Crippen LogP contribution in [-0.2, 0) is 0 Å². The summed E-state index contributed by atoms with van der Waals surface area (Å²) in [4.78, 5) is 3.93. The van der Waals surface area contributed by atoms with Crippen molar-refractivity contribution in [1.29, 1.82) is 0 Å². The zero-order valence-electron chi connectivity index (χ0n) is 7.74. The standard InChI is InChI=1S/C10H16N2O/c13-9-3-1-2-6-12-10-4-7-11-8-5-10/h4-5,7-8,13H,1-3,6,9H2,(H,11,12). The van der Waals surface area contributed by atoms with Crippen LogP contribution in [0, 0.1) is 0 Å². The molecule has 1 aromatic rings. The van der Waals surface area contributed by atoms with E-state index in [0.29, 0.717) is 6.61 Å². The quantitative estimate of drug-likeness (QED) is 0.654. The summed E-state index contributed by atoms with van der Waals surface area (Å²) in [5, 5.41) is 11.8. The van der Waals surface area contributed by atoms with E-state index >= 15 is 0 Å². The zero-order valence-corrected chi connectivity index (χ0v) is 7.74. The first-order chi connectivity index (χ1) is 6.43. The number of anilines is 1. The molecular formula is C10H16N2O. The molecule has 0 radical (unpaired) electrons. The molecule has 13 heavy (non-hydrogen) atoms. The summed E-state index contributed by atoms with van der Waals surface area (Å²) in [5.41, 5.74) is 1.11. The highest BCUT2D eigenvalue weighted by atomic mass is 16.2. The average molecular weight is 180 g/mol. The molecule has 0 aliphatic carbocycles. The van der Waals surface area contributed by atoms with Gasteiger partial charge in [0.05, 0.1) is 0 Å². The molecule has 0 amide bonds. The first kappa shape index (κ1) is 9.99. The summed E-state index contributed by atoms with van der Waals surface area (Å²) in [6.45, 7) is 1.26. The third kappa shape index (κ3) is 4.48. The zero-order chi connectivity index (χ0) is 9.36. The van der Waals surface area contributed by atoms with E-state index in [0.717, 1.165) is 31.5 Å². The lowest BCUT2D eigenvalue weighted by Crippen LogP contribution is -2.01. The summed E-state index contributed by atoms with van der Waals surface area (Å²) in [6.07, 6.45) is 6.63. The van der Waals surface area contributed by atoms with Crippen molar-refractivity contribution in [2.75, 3.05) is 18.5 Å². The highest BCUT2D eigenvalue weighted by Gasteiger charge is 1.89. The largest absolute Gasteiger partial charge is 0.396 e. The van der Waals surface area contributed by atoms with Crippen LogP contribution in [-0.4, -0.2) is 23.2 Å². The van der Waals surface area contributed by atoms with Crippen molar-refractivity contribution in [3.8, 4) is 0 Å². The lowest BCUT2D eigenvalue weighted by Gasteiger charge is -2.04. The molecule has 0 atom stereocenters. The molecule has 1 aromatic heterocycles. The Hall–Kier alpha value is -1.09. The van der Waals surface area contributed by atoms with Crippen molar-refractivity contribution < 1.29 is 5.11 Å². The first-order valence-electron chi connectivity index (χ1n) is 4.68. The van der Waals surface area contributed by atoms with Gasteiger partial charge in [0.2, 0.25) is 0 Å². The predicted octanol–water partition coefficient (Wildman–Crippen LogP) is 1.66. The summed E-state index contributed by atoms with van der Waals surface area (Å²) < 4.78 is 0. The van der Waals surface area contributed by atoms with Gasteiger partial charge in [0.1, 0.15) is 0 Å². The Bertz CT molecular complexity index is 213. The number of rotatable bonds is 6. The minimum absolute atomic E-state index is 0.301. The molecule has 0 aliphatic heterocycles. The van der Waals surface area contributed by atoms with Crippen molar-refractivity contribution in [2.24, 2.45) is 0 Å². The van der Waals surface area contributed by atoms with Crippen LogP contribution in [0.25, 0.3) is 0 Å². The SMILES string of the molecule is OCCCCCNc1ccncc1. The van der Waals surface area contributed by atoms with Crippen LogP contribution in [0.2, 0.25) is 0 Å². The topological polar surface area (TPSA) is 45.1 Å². The van der Waals surface area contributed by atoms with E-state index in [1.807, 2.05) is 12.1 Å². The maximum Gasteiger partial charge on any atom is 0.0431 e. The van der Waals surface area contributed by atoms with Crippen molar-refractivity contribution >= 4 is 5.69 Å². The summed E-state index contributed by atoms with van der Waals surface area (Å²) in [7, 11) is 0. The van der Waals surface area contributed by atoms with Gasteiger partial charge in [-0.05, 0) is 31.4 Å². The highest BCUT2D eigenvalue weighted by molar-refractivity contribution is 5.40. The Balaban J connectivity index is 2.07. The monoisotopic (exact) mass is 180 g/mol. The molecule has 0 aliphatic rings. The van der Waals surface area contributed by atoms with E-state index in [4.69, 9.17) is 5.11 Å². The summed E-state index contributed by atoms with van der Waals surface area (Å²) in [5.74, 6) is 0. The number of hydrogen-bond acceptors (Lipinski definition) is 3. The van der Waals surface area contributed by atoms with Gasteiger partial charge < -0.3 is 10.4 Å². The van der Waals surface area contributed by atoms with Gasteiger partial charge in [-0.3, -0.25) is 4.98 Å². The lowest BCUT2D eigenvalue weighted by molar-refractivity contribution is 0.283. The van der Waals surface area contributed by atoms with Gasteiger partial charge in [0.15, 0.2) is 0 Å². The van der Waals surface area contributed by atoms with Gasteiger partial charge in [-0.25, -0.2) is 0 Å². The van der Waals surface area contributed by atoms with Crippen molar-refractivity contribution in [3.05, 3.63) is 24.5 Å². The number of aliphatic hydroxyl groups excluding tert-OH is 1. The average Bonchev–Trinajstić information content (AvgIpc) is 2.19. The van der Waals surface area contributed by atoms with Crippen LogP contribution >= 0.6 is 0 Å². The van der Waals surface area contributed by atoms with E-state index in [2.05, 4.69) is 10.3 Å². The second-order valence-electron chi connectivity index (χ2n) is 2.95. The number of aliphatic hydroxyl groups is 1. The van der Waals surface area contributed by atoms with Crippen LogP contribution in [0.3, 0.4) is 0 Å². The predicted molar refractivity (Wildman–Crippen MR) is 53.7 cm³/mol. The minimum atomic E-state index is 0.301. The van der Waals surface area contributed by atoms with Crippen LogP contribution in [0.1, 0.15) is 19.3 Å². The molecular weight excluding hydrogens is 164 g/mol. The van der Waals surface area contributed by atoms with Gasteiger partial charge >= 0.3 is 0 Å². The molecule has 0 saturated carbocycles. The second-order valence-corrected chi connectivity index (χ2v) is 2.95. The Morgan fingerprint density at radius 1 is 1.15 bits per heavy atom. The third-order valence-corrected chi connectivity index (χ3v) is 1.84. The number of nitrogens with zero attached hydrogens (tertiary/aromatic N) is 1. The number of aromatic nitrogens is 1. The fraction of sp³-hybridized carbons (Fsp3) is 0.500. The molecule has 72 valence electrons. The van der Waals surface area contributed by atoms with Crippen molar-refractivity contribution in [2.45, 2.75) is 19.3 Å². The Morgan fingerprint density at radius 2 is 1.92 bits per heavy atom. The van der Waals surface area contributed by atoms with E-state index in [1.54, 1.807) is 12.4 Å².